The van der Waals surface area contributed by atoms with E-state index in [0.717, 1.165) is 36.4 Å². The van der Waals surface area contributed by atoms with Crippen LogP contribution in [0.3, 0.4) is 0 Å². The van der Waals surface area contributed by atoms with Gasteiger partial charge in [-0.1, -0.05) is 0 Å². The summed E-state index contributed by atoms with van der Waals surface area (Å²) in [6.45, 7) is 5.23. The summed E-state index contributed by atoms with van der Waals surface area (Å²) in [6, 6.07) is 12.5. The molecule has 2 aromatic rings. The number of carbonyl (C=O) groups excluding carboxylic acids is 2. The zero-order valence-corrected chi connectivity index (χ0v) is 15.7. The predicted molar refractivity (Wildman–Crippen MR) is 108 cm³/mol. The lowest BCUT2D eigenvalue weighted by Crippen LogP contribution is -2.35. The molecule has 6 heteroatoms. The maximum absolute atomic E-state index is 12.2. The van der Waals surface area contributed by atoms with E-state index in [4.69, 9.17) is 4.74 Å². The summed E-state index contributed by atoms with van der Waals surface area (Å²) >= 11 is 0. The number of rotatable bonds is 5. The molecule has 27 heavy (non-hydrogen) atoms. The van der Waals surface area contributed by atoms with Crippen LogP contribution in [0.2, 0.25) is 0 Å². The summed E-state index contributed by atoms with van der Waals surface area (Å²) in [7, 11) is 0. The summed E-state index contributed by atoms with van der Waals surface area (Å²) in [6.07, 6.45) is 2.58. The number of urea groups is 1. The van der Waals surface area contributed by atoms with Crippen molar-refractivity contribution in [2.24, 2.45) is 0 Å². The normalized spacial score (nSPS) is 14.0. The van der Waals surface area contributed by atoms with Crippen LogP contribution < -0.4 is 20.3 Å². The highest BCUT2D eigenvalue weighted by Crippen LogP contribution is 2.27. The smallest absolute Gasteiger partial charge is 0.323 e. The Balaban J connectivity index is 1.62. The van der Waals surface area contributed by atoms with Crippen LogP contribution >= 0.6 is 0 Å². The first-order valence-corrected chi connectivity index (χ1v) is 9.28. The minimum absolute atomic E-state index is 0.165. The van der Waals surface area contributed by atoms with Gasteiger partial charge in [0.2, 0.25) is 5.91 Å². The summed E-state index contributed by atoms with van der Waals surface area (Å²) in [5.74, 6) is 0.931. The van der Waals surface area contributed by atoms with Crippen LogP contribution in [0, 0.1) is 6.92 Å². The molecule has 0 aliphatic carbocycles. The van der Waals surface area contributed by atoms with E-state index in [1.165, 1.54) is 0 Å². The number of carbonyl (C=O) groups is 2. The SMILES string of the molecule is CCOc1ccc(NC(=O)Nc2ccc(N3CCCCC3=O)c(C)c2)cc1. The second-order valence-corrected chi connectivity index (χ2v) is 6.54. The Bertz CT molecular complexity index is 818. The third-order valence-corrected chi connectivity index (χ3v) is 4.49. The van der Waals surface area contributed by atoms with Gasteiger partial charge in [0.25, 0.3) is 0 Å². The molecule has 0 bridgehead atoms. The molecule has 0 unspecified atom stereocenters. The summed E-state index contributed by atoms with van der Waals surface area (Å²) in [5.41, 5.74) is 3.24. The molecule has 0 saturated carbocycles. The zero-order valence-electron chi connectivity index (χ0n) is 15.7. The van der Waals surface area contributed by atoms with Crippen LogP contribution in [-0.4, -0.2) is 25.1 Å². The molecule has 1 saturated heterocycles. The number of piperidine rings is 1. The average Bonchev–Trinajstić information content (AvgIpc) is 2.64. The van der Waals surface area contributed by atoms with Gasteiger partial charge in [-0.25, -0.2) is 4.79 Å². The van der Waals surface area contributed by atoms with Crippen molar-refractivity contribution < 1.29 is 14.3 Å². The summed E-state index contributed by atoms with van der Waals surface area (Å²) in [5, 5.41) is 5.62. The number of ether oxygens (including phenoxy) is 1. The average molecular weight is 367 g/mol. The molecule has 0 aromatic heterocycles. The first-order valence-electron chi connectivity index (χ1n) is 9.28. The molecule has 0 radical (unpaired) electrons. The van der Waals surface area contributed by atoms with Gasteiger partial charge in [-0.15, -0.1) is 0 Å². The van der Waals surface area contributed by atoms with Crippen molar-refractivity contribution in [3.63, 3.8) is 0 Å². The van der Waals surface area contributed by atoms with Crippen molar-refractivity contribution in [3.8, 4) is 5.75 Å². The first-order chi connectivity index (χ1) is 13.1. The van der Waals surface area contributed by atoms with E-state index in [1.807, 2.05) is 49.1 Å². The minimum atomic E-state index is -0.319. The van der Waals surface area contributed by atoms with Crippen molar-refractivity contribution in [3.05, 3.63) is 48.0 Å². The minimum Gasteiger partial charge on any atom is -0.494 e. The van der Waals surface area contributed by atoms with E-state index in [-0.39, 0.29) is 11.9 Å². The van der Waals surface area contributed by atoms with Crippen molar-refractivity contribution >= 4 is 29.0 Å². The summed E-state index contributed by atoms with van der Waals surface area (Å²) in [4.78, 5) is 26.2. The largest absolute Gasteiger partial charge is 0.494 e. The maximum atomic E-state index is 12.2. The Labute approximate surface area is 159 Å². The zero-order chi connectivity index (χ0) is 19.2. The molecule has 2 N–H and O–H groups in total. The van der Waals surface area contributed by atoms with E-state index in [1.54, 1.807) is 12.1 Å². The number of aryl methyl sites for hydroxylation is 1. The number of amides is 3. The molecule has 3 rings (SSSR count). The van der Waals surface area contributed by atoms with Gasteiger partial charge in [0.05, 0.1) is 6.61 Å². The number of hydrogen-bond donors (Lipinski definition) is 2. The highest BCUT2D eigenvalue weighted by molar-refractivity contribution is 6.00. The van der Waals surface area contributed by atoms with E-state index in [0.29, 0.717) is 24.4 Å². The second kappa shape index (κ2) is 8.58. The number of benzene rings is 2. The number of nitrogens with zero attached hydrogens (tertiary/aromatic N) is 1. The number of anilines is 3. The third kappa shape index (κ3) is 4.78. The van der Waals surface area contributed by atoms with Crippen LogP contribution in [0.4, 0.5) is 21.9 Å². The molecule has 1 fully saturated rings. The van der Waals surface area contributed by atoms with E-state index < -0.39 is 0 Å². The van der Waals surface area contributed by atoms with Gasteiger partial charge in [-0.05, 0) is 74.7 Å². The molecule has 3 amide bonds. The second-order valence-electron chi connectivity index (χ2n) is 6.54. The molecule has 0 atom stereocenters. The topological polar surface area (TPSA) is 70.7 Å². The molecule has 0 spiro atoms. The molecule has 1 heterocycles. The lowest BCUT2D eigenvalue weighted by molar-refractivity contribution is -0.119. The maximum Gasteiger partial charge on any atom is 0.323 e. The van der Waals surface area contributed by atoms with Crippen LogP contribution in [0.15, 0.2) is 42.5 Å². The van der Waals surface area contributed by atoms with Gasteiger partial charge < -0.3 is 20.3 Å². The van der Waals surface area contributed by atoms with Crippen LogP contribution in [0.5, 0.6) is 5.75 Å². The van der Waals surface area contributed by atoms with Crippen LogP contribution in [0.25, 0.3) is 0 Å². The fourth-order valence-corrected chi connectivity index (χ4v) is 3.19. The van der Waals surface area contributed by atoms with Gasteiger partial charge in [0.1, 0.15) is 5.75 Å². The van der Waals surface area contributed by atoms with E-state index in [2.05, 4.69) is 10.6 Å². The molecule has 1 aliphatic heterocycles. The van der Waals surface area contributed by atoms with Crippen molar-refractivity contribution in [1.29, 1.82) is 0 Å². The standard InChI is InChI=1S/C21H25N3O3/c1-3-27-18-10-7-16(8-11-18)22-21(26)23-17-9-12-19(15(2)14-17)24-13-5-4-6-20(24)25/h7-12,14H,3-6,13H2,1-2H3,(H2,22,23,26). The van der Waals surface area contributed by atoms with Gasteiger partial charge in [0.15, 0.2) is 0 Å². The Kier molecular flexibility index (Phi) is 5.96. The van der Waals surface area contributed by atoms with Gasteiger partial charge in [0, 0.05) is 30.0 Å². The molecular formula is C21H25N3O3. The van der Waals surface area contributed by atoms with E-state index in [9.17, 15) is 9.59 Å². The molecule has 142 valence electrons. The monoisotopic (exact) mass is 367 g/mol. The van der Waals surface area contributed by atoms with Gasteiger partial charge in [-0.3, -0.25) is 4.79 Å². The van der Waals surface area contributed by atoms with Crippen LogP contribution in [-0.2, 0) is 4.79 Å². The Morgan fingerprint density at radius 3 is 2.44 bits per heavy atom. The van der Waals surface area contributed by atoms with Crippen LogP contribution in [0.1, 0.15) is 31.7 Å². The molecule has 6 nitrogen and oxygen atoms in total. The highest BCUT2D eigenvalue weighted by atomic mass is 16.5. The highest BCUT2D eigenvalue weighted by Gasteiger charge is 2.21. The lowest BCUT2D eigenvalue weighted by atomic mass is 10.1. The third-order valence-electron chi connectivity index (χ3n) is 4.49. The molecule has 2 aromatic carbocycles. The van der Waals surface area contributed by atoms with E-state index >= 15 is 0 Å². The fourth-order valence-electron chi connectivity index (χ4n) is 3.19. The predicted octanol–water partition coefficient (Wildman–Crippen LogP) is 4.55. The Hall–Kier alpha value is -3.02. The van der Waals surface area contributed by atoms with Gasteiger partial charge >= 0.3 is 6.03 Å². The quantitative estimate of drug-likeness (QED) is 0.814. The summed E-state index contributed by atoms with van der Waals surface area (Å²) < 4.78 is 5.39. The Morgan fingerprint density at radius 1 is 1.07 bits per heavy atom. The number of nitrogens with one attached hydrogen (secondary N) is 2. The molecule has 1 aliphatic rings. The van der Waals surface area contributed by atoms with Crippen molar-refractivity contribution in [2.75, 3.05) is 28.7 Å². The lowest BCUT2D eigenvalue weighted by Gasteiger charge is -2.28. The van der Waals surface area contributed by atoms with Crippen molar-refractivity contribution in [2.45, 2.75) is 33.1 Å². The fraction of sp³-hybridized carbons (Fsp3) is 0.333. The molecular weight excluding hydrogens is 342 g/mol. The number of hydrogen-bond acceptors (Lipinski definition) is 3. The first kappa shape index (κ1) is 18.8. The van der Waals surface area contributed by atoms with Gasteiger partial charge in [-0.2, -0.15) is 0 Å². The van der Waals surface area contributed by atoms with Crippen molar-refractivity contribution in [1.82, 2.24) is 0 Å². The Morgan fingerprint density at radius 2 is 1.78 bits per heavy atom.